The molecule has 3 aromatic carbocycles. The Bertz CT molecular complexity index is 2100. The van der Waals surface area contributed by atoms with Gasteiger partial charge in [0.1, 0.15) is 12.7 Å². The van der Waals surface area contributed by atoms with Gasteiger partial charge in [0.15, 0.2) is 11.4 Å². The van der Waals surface area contributed by atoms with E-state index in [1.807, 2.05) is 6.92 Å². The molecule has 0 saturated heterocycles. The van der Waals surface area contributed by atoms with E-state index in [4.69, 9.17) is 14.2 Å². The lowest BCUT2D eigenvalue weighted by molar-refractivity contribution is -0.385. The van der Waals surface area contributed by atoms with Gasteiger partial charge in [-0.2, -0.15) is 0 Å². The summed E-state index contributed by atoms with van der Waals surface area (Å²) in [7, 11) is 0. The zero-order chi connectivity index (χ0) is 38.0. The number of carbonyl (C=O) groups is 4. The van der Waals surface area contributed by atoms with Crippen LogP contribution in [0, 0.1) is 35.8 Å². The lowest BCUT2D eigenvalue weighted by atomic mass is 9.65. The number of ketones is 1. The summed E-state index contributed by atoms with van der Waals surface area (Å²) in [6.45, 7) is 4.11. The van der Waals surface area contributed by atoms with E-state index in [2.05, 4.69) is 0 Å². The minimum atomic E-state index is -1.94. The summed E-state index contributed by atoms with van der Waals surface area (Å²) in [5.41, 5.74) is -2.85. The van der Waals surface area contributed by atoms with E-state index < -0.39 is 56.4 Å². The third-order valence-electron chi connectivity index (χ3n) is 8.85. The molecule has 0 aliphatic heterocycles. The molecular formula is C36H29N3O13. The zero-order valence-electron chi connectivity index (χ0n) is 27.8. The van der Waals surface area contributed by atoms with Crippen molar-refractivity contribution in [2.45, 2.75) is 38.9 Å². The van der Waals surface area contributed by atoms with Crippen LogP contribution in [0.15, 0.2) is 108 Å². The summed E-state index contributed by atoms with van der Waals surface area (Å²) in [4.78, 5) is 84.7. The minimum Gasteiger partial charge on any atom is -0.457 e. The number of esters is 3. The third-order valence-corrected chi connectivity index (χ3v) is 8.85. The highest BCUT2D eigenvalue weighted by molar-refractivity contribution is 6.06. The quantitative estimate of drug-likeness (QED) is 0.0935. The molecule has 0 saturated carbocycles. The highest BCUT2D eigenvalue weighted by atomic mass is 16.6. The van der Waals surface area contributed by atoms with Crippen LogP contribution >= 0.6 is 0 Å². The number of nitro groups is 3. The first-order valence-electron chi connectivity index (χ1n) is 15.5. The van der Waals surface area contributed by atoms with Gasteiger partial charge in [-0.05, 0) is 61.9 Å². The van der Waals surface area contributed by atoms with Gasteiger partial charge in [0, 0.05) is 59.4 Å². The van der Waals surface area contributed by atoms with Gasteiger partial charge in [0.25, 0.3) is 17.1 Å². The Kier molecular flexibility index (Phi) is 9.94. The molecule has 2 aliphatic carbocycles. The van der Waals surface area contributed by atoms with Gasteiger partial charge in [0.2, 0.25) is 0 Å². The molecule has 52 heavy (non-hydrogen) atoms. The fourth-order valence-electron chi connectivity index (χ4n) is 5.91. The van der Waals surface area contributed by atoms with Crippen LogP contribution in [0.25, 0.3) is 0 Å². The standard InChI is InChI=1S/C36H29N3O13/c1-21-28-18-29(31(19-35(28,2)17-16-30(21)40)51-33(42)23-6-12-26(13-7-23)38(46)47)36(3,52-34(43)24-8-14-27(15-9-24)39(48)49)20-50-32(41)22-4-10-25(11-5-22)37(44)45/h4-18,31H,19-20H2,1-3H3/t31-,35+,36+/m1/s1. The van der Waals surface area contributed by atoms with Gasteiger partial charge in [-0.25, -0.2) is 14.4 Å². The van der Waals surface area contributed by atoms with E-state index >= 15 is 0 Å². The van der Waals surface area contributed by atoms with Gasteiger partial charge in [-0.15, -0.1) is 0 Å². The lowest BCUT2D eigenvalue weighted by Gasteiger charge is -2.44. The van der Waals surface area contributed by atoms with Crippen molar-refractivity contribution in [1.29, 1.82) is 0 Å². The van der Waals surface area contributed by atoms with E-state index in [1.165, 1.54) is 55.5 Å². The van der Waals surface area contributed by atoms with Gasteiger partial charge >= 0.3 is 17.9 Å². The van der Waals surface area contributed by atoms with E-state index in [9.17, 15) is 49.5 Å². The summed E-state index contributed by atoms with van der Waals surface area (Å²) in [5.74, 6) is -3.12. The number of rotatable bonds is 11. The summed E-state index contributed by atoms with van der Waals surface area (Å²) in [6, 6.07) is 13.8. The third kappa shape index (κ3) is 7.50. The second-order valence-corrected chi connectivity index (χ2v) is 12.5. The number of non-ortho nitro benzene ring substituents is 3. The second kappa shape index (κ2) is 14.2. The zero-order valence-corrected chi connectivity index (χ0v) is 27.8. The van der Waals surface area contributed by atoms with Crippen LogP contribution in [0.3, 0.4) is 0 Å². The number of nitro benzene ring substituents is 3. The number of hydrogen-bond acceptors (Lipinski definition) is 13. The topological polar surface area (TPSA) is 225 Å². The molecular weight excluding hydrogens is 682 g/mol. The lowest BCUT2D eigenvalue weighted by Crippen LogP contribution is -2.48. The van der Waals surface area contributed by atoms with Gasteiger partial charge in [-0.3, -0.25) is 35.1 Å². The smallest absolute Gasteiger partial charge is 0.339 e. The van der Waals surface area contributed by atoms with Crippen LogP contribution in [0.2, 0.25) is 0 Å². The molecule has 0 aromatic heterocycles. The molecule has 0 bridgehead atoms. The maximum Gasteiger partial charge on any atom is 0.339 e. The summed E-state index contributed by atoms with van der Waals surface area (Å²) in [5, 5.41) is 33.5. The molecule has 2 aliphatic rings. The van der Waals surface area contributed by atoms with Crippen molar-refractivity contribution in [2.75, 3.05) is 6.61 Å². The maximum atomic E-state index is 13.6. The molecule has 266 valence electrons. The number of carbonyl (C=O) groups excluding carboxylic acids is 4. The SMILES string of the molecule is CC1=C2C=C([C@](C)(COC(=O)c3ccc([N+](=O)[O-])cc3)OC(=O)c3ccc([N+](=O)[O-])cc3)[C@H](OC(=O)c3ccc([N+](=O)[O-])cc3)C[C@]2(C)C=CC1=O. The number of nitrogens with zero attached hydrogens (tertiary/aromatic N) is 3. The van der Waals surface area contributed by atoms with E-state index in [-0.39, 0.29) is 51.5 Å². The number of fused-ring (bicyclic) bond motifs is 1. The molecule has 0 heterocycles. The predicted octanol–water partition coefficient (Wildman–Crippen LogP) is 6.20. The van der Waals surface area contributed by atoms with E-state index in [1.54, 1.807) is 13.0 Å². The largest absolute Gasteiger partial charge is 0.457 e. The maximum absolute atomic E-state index is 13.6. The van der Waals surface area contributed by atoms with Crippen molar-refractivity contribution in [3.63, 3.8) is 0 Å². The number of ether oxygens (including phenoxy) is 3. The summed E-state index contributed by atoms with van der Waals surface area (Å²) in [6.07, 6.45) is 3.42. The average molecular weight is 712 g/mol. The number of allylic oxidation sites excluding steroid dienone is 5. The molecule has 0 radical (unpaired) electrons. The molecule has 16 nitrogen and oxygen atoms in total. The Balaban J connectivity index is 1.57. The van der Waals surface area contributed by atoms with Crippen molar-refractivity contribution in [2.24, 2.45) is 5.41 Å². The molecule has 5 rings (SSSR count). The molecule has 0 fully saturated rings. The Morgan fingerprint density at radius 2 is 1.21 bits per heavy atom. The highest BCUT2D eigenvalue weighted by Gasteiger charge is 2.48. The van der Waals surface area contributed by atoms with Crippen LogP contribution in [0.1, 0.15) is 58.3 Å². The molecule has 0 N–H and O–H groups in total. The average Bonchev–Trinajstić information content (AvgIpc) is 3.12. The molecule has 0 amide bonds. The van der Waals surface area contributed by atoms with Crippen molar-refractivity contribution >= 4 is 40.8 Å². The van der Waals surface area contributed by atoms with Crippen molar-refractivity contribution < 1.29 is 48.2 Å². The first-order chi connectivity index (χ1) is 24.5. The number of hydrogen-bond donors (Lipinski definition) is 0. The molecule has 0 spiro atoms. The Hall–Kier alpha value is -6.84. The number of benzene rings is 3. The van der Waals surface area contributed by atoms with Crippen LogP contribution in [-0.2, 0) is 19.0 Å². The molecule has 3 atom stereocenters. The van der Waals surface area contributed by atoms with Crippen molar-refractivity contribution in [3.8, 4) is 0 Å². The van der Waals surface area contributed by atoms with E-state index in [0.717, 1.165) is 36.4 Å². The molecule has 3 aromatic rings. The minimum absolute atomic E-state index is 0.0228. The second-order valence-electron chi connectivity index (χ2n) is 12.5. The van der Waals surface area contributed by atoms with Crippen molar-refractivity contribution in [3.05, 3.63) is 155 Å². The van der Waals surface area contributed by atoms with Gasteiger partial charge in [-0.1, -0.05) is 19.1 Å². The fourth-order valence-corrected chi connectivity index (χ4v) is 5.91. The van der Waals surface area contributed by atoms with E-state index in [0.29, 0.717) is 11.1 Å². The normalized spacial score (nSPS) is 19.0. The van der Waals surface area contributed by atoms with Crippen LogP contribution in [0.4, 0.5) is 17.1 Å². The van der Waals surface area contributed by atoms with Crippen LogP contribution in [-0.4, -0.2) is 56.8 Å². The monoisotopic (exact) mass is 711 g/mol. The van der Waals surface area contributed by atoms with Crippen LogP contribution in [0.5, 0.6) is 0 Å². The first kappa shape index (κ1) is 36.4. The predicted molar refractivity (Wildman–Crippen MR) is 180 cm³/mol. The Labute approximate surface area is 294 Å². The highest BCUT2D eigenvalue weighted by Crippen LogP contribution is 2.48. The molecule has 16 heteroatoms. The first-order valence-corrected chi connectivity index (χ1v) is 15.5. The fraction of sp³-hybridized carbons (Fsp3) is 0.222. The van der Waals surface area contributed by atoms with Gasteiger partial charge < -0.3 is 14.2 Å². The van der Waals surface area contributed by atoms with Crippen molar-refractivity contribution in [1.82, 2.24) is 0 Å². The molecule has 0 unspecified atom stereocenters. The Morgan fingerprint density at radius 1 is 0.769 bits per heavy atom. The van der Waals surface area contributed by atoms with Crippen LogP contribution < -0.4 is 0 Å². The Morgan fingerprint density at radius 3 is 1.67 bits per heavy atom. The van der Waals surface area contributed by atoms with Gasteiger partial charge in [0.05, 0.1) is 31.5 Å². The summed E-state index contributed by atoms with van der Waals surface area (Å²) >= 11 is 0. The summed E-state index contributed by atoms with van der Waals surface area (Å²) < 4.78 is 17.6.